The Morgan fingerprint density at radius 3 is 2.50 bits per heavy atom. The van der Waals surface area contributed by atoms with Gasteiger partial charge in [0.1, 0.15) is 0 Å². The third kappa shape index (κ3) is 3.57. The first-order chi connectivity index (χ1) is 8.32. The van der Waals surface area contributed by atoms with Gasteiger partial charge in [0.25, 0.3) is 12.3 Å². The normalized spacial score (nSPS) is 12.4. The molecule has 1 N–H and O–H groups in total. The van der Waals surface area contributed by atoms with Crippen LogP contribution in [0.5, 0.6) is 0 Å². The van der Waals surface area contributed by atoms with E-state index in [1.54, 1.807) is 20.2 Å². The maximum Gasteiger partial charge on any atom is 0.258 e. The lowest BCUT2D eigenvalue weighted by molar-refractivity contribution is 0.0827. The van der Waals surface area contributed by atoms with E-state index in [2.05, 4.69) is 5.32 Å². The zero-order valence-electron chi connectivity index (χ0n) is 10.4. The molecule has 0 saturated carbocycles. The summed E-state index contributed by atoms with van der Waals surface area (Å²) >= 11 is 5.81. The number of nitrogens with zero attached hydrogens (tertiary/aromatic N) is 1. The predicted octanol–water partition coefficient (Wildman–Crippen LogP) is 3.11. The summed E-state index contributed by atoms with van der Waals surface area (Å²) in [5.74, 6) is -0.268. The molecule has 18 heavy (non-hydrogen) atoms. The molecule has 1 amide bonds. The largest absolute Gasteiger partial charge is 0.376 e. The van der Waals surface area contributed by atoms with Gasteiger partial charge in [0.15, 0.2) is 0 Å². The predicted molar refractivity (Wildman–Crippen MR) is 68.6 cm³/mol. The highest BCUT2D eigenvalue weighted by Crippen LogP contribution is 2.23. The lowest BCUT2D eigenvalue weighted by Gasteiger charge is -2.19. The van der Waals surface area contributed by atoms with Crippen LogP contribution in [0.15, 0.2) is 18.2 Å². The minimum atomic E-state index is -2.52. The van der Waals surface area contributed by atoms with Crippen LogP contribution >= 0.6 is 11.6 Å². The second-order valence-corrected chi connectivity index (χ2v) is 4.59. The lowest BCUT2D eigenvalue weighted by Crippen LogP contribution is -2.27. The van der Waals surface area contributed by atoms with Crippen LogP contribution in [0.1, 0.15) is 17.3 Å². The molecule has 1 aromatic rings. The quantitative estimate of drug-likeness (QED) is 0.916. The molecule has 3 nitrogen and oxygen atoms in total. The van der Waals surface area contributed by atoms with Crippen molar-refractivity contribution in [1.29, 1.82) is 0 Å². The summed E-state index contributed by atoms with van der Waals surface area (Å²) in [5, 5.41) is 2.99. The molecule has 0 aliphatic rings. The van der Waals surface area contributed by atoms with Crippen LogP contribution in [0.4, 0.5) is 14.5 Å². The first-order valence-corrected chi connectivity index (χ1v) is 5.76. The van der Waals surface area contributed by atoms with Crippen LogP contribution in [0.3, 0.4) is 0 Å². The Balaban J connectivity index is 3.08. The molecule has 0 heterocycles. The van der Waals surface area contributed by atoms with Crippen molar-refractivity contribution in [3.63, 3.8) is 0 Å². The Kier molecular flexibility index (Phi) is 4.90. The fourth-order valence-corrected chi connectivity index (χ4v) is 1.54. The van der Waals surface area contributed by atoms with E-state index in [1.165, 1.54) is 24.0 Å². The standard InChI is InChI=1S/C12H15ClF2N2O/c1-7(11(14)15)16-10-6-8(13)4-5-9(10)12(18)17(2)3/h4-7,11,16H,1-3H3. The molecule has 0 radical (unpaired) electrons. The third-order valence-corrected chi connectivity index (χ3v) is 2.61. The van der Waals surface area contributed by atoms with Gasteiger partial charge in [-0.1, -0.05) is 11.6 Å². The van der Waals surface area contributed by atoms with Gasteiger partial charge in [-0.3, -0.25) is 4.79 Å². The van der Waals surface area contributed by atoms with Crippen molar-refractivity contribution in [2.24, 2.45) is 0 Å². The Morgan fingerprint density at radius 2 is 2.00 bits per heavy atom. The molecule has 0 aliphatic carbocycles. The monoisotopic (exact) mass is 276 g/mol. The van der Waals surface area contributed by atoms with Crippen molar-refractivity contribution in [2.75, 3.05) is 19.4 Å². The van der Waals surface area contributed by atoms with Gasteiger partial charge in [-0.2, -0.15) is 0 Å². The zero-order valence-corrected chi connectivity index (χ0v) is 11.1. The molecular formula is C12H15ClF2N2O. The first kappa shape index (κ1) is 14.7. The van der Waals surface area contributed by atoms with Crippen LogP contribution < -0.4 is 5.32 Å². The van der Waals surface area contributed by atoms with Gasteiger partial charge in [0, 0.05) is 24.8 Å². The average Bonchev–Trinajstić information content (AvgIpc) is 2.28. The summed E-state index contributed by atoms with van der Waals surface area (Å²) in [5.41, 5.74) is 0.630. The molecule has 1 atom stereocenters. The molecule has 1 aromatic carbocycles. The lowest BCUT2D eigenvalue weighted by atomic mass is 10.1. The van der Waals surface area contributed by atoms with Gasteiger partial charge < -0.3 is 10.2 Å². The van der Waals surface area contributed by atoms with Crippen molar-refractivity contribution in [1.82, 2.24) is 4.90 Å². The minimum absolute atomic E-state index is 0.268. The summed E-state index contributed by atoms with van der Waals surface area (Å²) in [6, 6.07) is 3.48. The molecule has 100 valence electrons. The summed E-state index contributed by atoms with van der Waals surface area (Å²) in [4.78, 5) is 13.3. The van der Waals surface area contributed by atoms with E-state index in [0.29, 0.717) is 16.3 Å². The van der Waals surface area contributed by atoms with Gasteiger partial charge in [-0.05, 0) is 25.1 Å². The number of halogens is 3. The third-order valence-electron chi connectivity index (χ3n) is 2.38. The van der Waals surface area contributed by atoms with Gasteiger partial charge >= 0.3 is 0 Å². The number of carbonyl (C=O) groups is 1. The summed E-state index contributed by atoms with van der Waals surface area (Å²) < 4.78 is 25.0. The van der Waals surface area contributed by atoms with Crippen molar-refractivity contribution < 1.29 is 13.6 Å². The van der Waals surface area contributed by atoms with Gasteiger partial charge in [0.05, 0.1) is 11.6 Å². The Bertz CT molecular complexity index is 438. The van der Waals surface area contributed by atoms with Crippen molar-refractivity contribution >= 4 is 23.2 Å². The Morgan fingerprint density at radius 1 is 1.39 bits per heavy atom. The minimum Gasteiger partial charge on any atom is -0.376 e. The van der Waals surface area contributed by atoms with Crippen molar-refractivity contribution in [3.05, 3.63) is 28.8 Å². The van der Waals surface area contributed by atoms with E-state index in [4.69, 9.17) is 11.6 Å². The van der Waals surface area contributed by atoms with Crippen LogP contribution in [0, 0.1) is 0 Å². The molecule has 0 bridgehead atoms. The number of anilines is 1. The highest BCUT2D eigenvalue weighted by Gasteiger charge is 2.19. The maximum atomic E-state index is 12.5. The molecule has 0 aliphatic heterocycles. The highest BCUT2D eigenvalue weighted by atomic mass is 35.5. The van der Waals surface area contributed by atoms with Crippen LogP contribution in [-0.4, -0.2) is 37.4 Å². The smallest absolute Gasteiger partial charge is 0.258 e. The Labute approximate surface area is 110 Å². The maximum absolute atomic E-state index is 12.5. The van der Waals surface area contributed by atoms with Crippen molar-refractivity contribution in [3.8, 4) is 0 Å². The Hall–Kier alpha value is -1.36. The van der Waals surface area contributed by atoms with E-state index < -0.39 is 12.5 Å². The summed E-state index contributed by atoms with van der Waals surface area (Å²) in [6.45, 7) is 1.34. The fraction of sp³-hybridized carbons (Fsp3) is 0.417. The first-order valence-electron chi connectivity index (χ1n) is 5.38. The summed E-state index contributed by atoms with van der Waals surface area (Å²) in [7, 11) is 3.19. The van der Waals surface area contributed by atoms with E-state index in [-0.39, 0.29) is 5.91 Å². The molecule has 1 rings (SSSR count). The number of hydrogen-bond donors (Lipinski definition) is 1. The average molecular weight is 277 g/mol. The molecule has 6 heteroatoms. The number of amides is 1. The van der Waals surface area contributed by atoms with Gasteiger partial charge in [0.2, 0.25) is 0 Å². The molecule has 0 aromatic heterocycles. The van der Waals surface area contributed by atoms with E-state index in [9.17, 15) is 13.6 Å². The number of nitrogens with one attached hydrogen (secondary N) is 1. The second-order valence-electron chi connectivity index (χ2n) is 4.16. The zero-order chi connectivity index (χ0) is 13.9. The molecule has 0 fully saturated rings. The number of benzene rings is 1. The van der Waals surface area contributed by atoms with Crippen LogP contribution in [0.2, 0.25) is 5.02 Å². The van der Waals surface area contributed by atoms with Crippen LogP contribution in [-0.2, 0) is 0 Å². The number of alkyl halides is 2. The molecular weight excluding hydrogens is 262 g/mol. The van der Waals surface area contributed by atoms with Gasteiger partial charge in [-0.15, -0.1) is 0 Å². The number of rotatable bonds is 4. The SMILES string of the molecule is CC(Nc1cc(Cl)ccc1C(=O)N(C)C)C(F)F. The molecule has 1 unspecified atom stereocenters. The molecule has 0 saturated heterocycles. The molecule has 0 spiro atoms. The van der Waals surface area contributed by atoms with E-state index >= 15 is 0 Å². The van der Waals surface area contributed by atoms with E-state index in [0.717, 1.165) is 0 Å². The van der Waals surface area contributed by atoms with Crippen LogP contribution in [0.25, 0.3) is 0 Å². The van der Waals surface area contributed by atoms with Gasteiger partial charge in [-0.25, -0.2) is 8.78 Å². The second kappa shape index (κ2) is 6.00. The fourth-order valence-electron chi connectivity index (χ4n) is 1.37. The van der Waals surface area contributed by atoms with Crippen molar-refractivity contribution in [2.45, 2.75) is 19.4 Å². The van der Waals surface area contributed by atoms with E-state index in [1.807, 2.05) is 0 Å². The number of carbonyl (C=O) groups excluding carboxylic acids is 1. The highest BCUT2D eigenvalue weighted by molar-refractivity contribution is 6.31. The number of hydrogen-bond acceptors (Lipinski definition) is 2. The summed E-state index contributed by atoms with van der Waals surface area (Å²) in [6.07, 6.45) is -2.52. The topological polar surface area (TPSA) is 32.3 Å².